The van der Waals surface area contributed by atoms with Crippen molar-refractivity contribution >= 4 is 54.9 Å². The first-order chi connectivity index (χ1) is 1.73. The molecule has 3 heteroatoms. The van der Waals surface area contributed by atoms with Crippen molar-refractivity contribution in [1.82, 2.24) is 0 Å². The van der Waals surface area contributed by atoms with Crippen molar-refractivity contribution in [3.8, 4) is 0 Å². The van der Waals surface area contributed by atoms with Crippen molar-refractivity contribution in [3.05, 3.63) is 0 Å². The van der Waals surface area contributed by atoms with Gasteiger partial charge in [0.05, 0.1) is 0 Å². The summed E-state index contributed by atoms with van der Waals surface area (Å²) in [6.45, 7) is 0. The molecule has 0 saturated heterocycles. The molecule has 4 heavy (non-hydrogen) atoms. The standard InChI is InChI=1S/CHBr2.Sb.2H/c2-1-3;;;/h1H;;;. The molecule has 0 radical (unpaired) electrons. The number of hydrogen-bond donors (Lipinski definition) is 0. The molecule has 0 heterocycles. The molecule has 0 saturated carbocycles. The van der Waals surface area contributed by atoms with Crippen LogP contribution in [0, 0.1) is 0 Å². The van der Waals surface area contributed by atoms with Gasteiger partial charge in [0.2, 0.25) is 0 Å². The summed E-state index contributed by atoms with van der Waals surface area (Å²) in [5.41, 5.74) is 0. The summed E-state index contributed by atoms with van der Waals surface area (Å²) in [4.78, 5) is 0. The van der Waals surface area contributed by atoms with E-state index in [-0.39, 0.29) is 0 Å². The summed E-state index contributed by atoms with van der Waals surface area (Å²) in [6.07, 6.45) is 0. The van der Waals surface area contributed by atoms with Gasteiger partial charge in [-0.3, -0.25) is 0 Å². The number of alkyl halides is 2. The Labute approximate surface area is 56.1 Å². The predicted molar refractivity (Wildman–Crippen MR) is 30.2 cm³/mol. The Balaban J connectivity index is 2.32. The second-order valence-corrected chi connectivity index (χ2v) is 11.0. The van der Waals surface area contributed by atoms with Gasteiger partial charge in [-0.05, 0) is 0 Å². The number of rotatable bonds is 0. The first-order valence-electron chi connectivity index (χ1n) is 0.770. The average molecular weight is 297 g/mol. The molecule has 0 aliphatic heterocycles. The number of hydrogen-bond acceptors (Lipinski definition) is 0. The van der Waals surface area contributed by atoms with Crippen molar-refractivity contribution in [3.63, 3.8) is 0 Å². The third-order valence-corrected chi connectivity index (χ3v) is 0. The molecule has 26 valence electrons. The summed E-state index contributed by atoms with van der Waals surface area (Å²) >= 11 is 7.72. The van der Waals surface area contributed by atoms with Gasteiger partial charge in [0.1, 0.15) is 0 Å². The predicted octanol–water partition coefficient (Wildman–Crippen LogP) is 0.693. The molecule has 0 unspecified atom stereocenters. The molecule has 0 amide bonds. The van der Waals surface area contributed by atoms with Crippen LogP contribution in [0.1, 0.15) is 0 Å². The van der Waals surface area contributed by atoms with E-state index in [1.807, 2.05) is 0 Å². The molecule has 0 aromatic rings. The van der Waals surface area contributed by atoms with Gasteiger partial charge >= 0.3 is 56.6 Å². The molecule has 0 fully saturated rings. The molecule has 0 nitrogen and oxygen atoms in total. The summed E-state index contributed by atoms with van der Waals surface area (Å²) in [5, 5.41) is 0. The Morgan fingerprint density at radius 2 is 1.50 bits per heavy atom. The fourth-order valence-corrected chi connectivity index (χ4v) is 0. The van der Waals surface area contributed by atoms with Crippen LogP contribution in [-0.4, -0.2) is 24.7 Å². The second-order valence-electron chi connectivity index (χ2n) is 0.334. The van der Waals surface area contributed by atoms with Crippen molar-refractivity contribution < 1.29 is 0 Å². The van der Waals surface area contributed by atoms with Gasteiger partial charge in [0.25, 0.3) is 0 Å². The molecule has 0 aromatic heterocycles. The zero-order chi connectivity index (χ0) is 3.58. The van der Waals surface area contributed by atoms with Crippen molar-refractivity contribution in [2.45, 2.75) is 1.68 Å². The third-order valence-electron chi connectivity index (χ3n) is 0. The fourth-order valence-electron chi connectivity index (χ4n) is 0. The van der Waals surface area contributed by atoms with Gasteiger partial charge in [-0.25, -0.2) is 0 Å². The van der Waals surface area contributed by atoms with E-state index in [1.165, 1.54) is 23.0 Å². The van der Waals surface area contributed by atoms with E-state index >= 15 is 0 Å². The maximum absolute atomic E-state index is 3.25. The minimum absolute atomic E-state index is 0.588. The zero-order valence-electron chi connectivity index (χ0n) is 1.91. The van der Waals surface area contributed by atoms with Gasteiger partial charge < -0.3 is 0 Å². The minimum atomic E-state index is 0.588. The van der Waals surface area contributed by atoms with Crippen LogP contribution in [0.2, 0.25) is 0 Å². The van der Waals surface area contributed by atoms with Crippen molar-refractivity contribution in [2.24, 2.45) is 0 Å². The van der Waals surface area contributed by atoms with Crippen LogP contribution in [0.25, 0.3) is 0 Å². The number of halogens is 2. The summed E-state index contributed by atoms with van der Waals surface area (Å²) in [5.74, 6) is 0. The molecule has 0 N–H and O–H groups in total. The van der Waals surface area contributed by atoms with E-state index in [4.69, 9.17) is 0 Å². The van der Waals surface area contributed by atoms with Crippen molar-refractivity contribution in [2.75, 3.05) is 0 Å². The van der Waals surface area contributed by atoms with Crippen LogP contribution < -0.4 is 0 Å². The molecule has 0 aliphatic carbocycles. The molecule has 0 aliphatic rings. The maximum atomic E-state index is 3.25. The van der Waals surface area contributed by atoms with E-state index in [0.717, 1.165) is 0 Å². The first kappa shape index (κ1) is 5.78. The van der Waals surface area contributed by atoms with E-state index in [0.29, 0.717) is 1.68 Å². The zero-order valence-corrected chi connectivity index (χ0v) is 8.38. The van der Waals surface area contributed by atoms with Gasteiger partial charge in [-0.2, -0.15) is 0 Å². The molecule has 0 spiro atoms. The first-order valence-corrected chi connectivity index (χ1v) is 4.50. The Kier molecular flexibility index (Phi) is 4.32. The third kappa shape index (κ3) is 9.22. The van der Waals surface area contributed by atoms with E-state index in [1.54, 1.807) is 0 Å². The van der Waals surface area contributed by atoms with Gasteiger partial charge in [0, 0.05) is 0 Å². The van der Waals surface area contributed by atoms with Crippen LogP contribution in [-0.2, 0) is 0 Å². The van der Waals surface area contributed by atoms with E-state index in [9.17, 15) is 0 Å². The Hall–Kier alpha value is 1.78. The SMILES string of the molecule is Br[CH](Br)[SbH2]. The van der Waals surface area contributed by atoms with Crippen LogP contribution >= 0.6 is 31.9 Å². The summed E-state index contributed by atoms with van der Waals surface area (Å²) in [6, 6.07) is 0. The topological polar surface area (TPSA) is 0 Å². The monoisotopic (exact) mass is 294 g/mol. The van der Waals surface area contributed by atoms with Gasteiger partial charge in [-0.15, -0.1) is 0 Å². The summed E-state index contributed by atoms with van der Waals surface area (Å²) in [7, 11) is 0. The van der Waals surface area contributed by atoms with Crippen molar-refractivity contribution in [1.29, 1.82) is 0 Å². The summed E-state index contributed by atoms with van der Waals surface area (Å²) < 4.78 is 0.588. The van der Waals surface area contributed by atoms with E-state index < -0.39 is 0 Å². The molecule has 0 bridgehead atoms. The van der Waals surface area contributed by atoms with Crippen LogP contribution in [0.4, 0.5) is 0 Å². The fraction of sp³-hybridized carbons (Fsp3) is 1.00. The van der Waals surface area contributed by atoms with Gasteiger partial charge in [-0.1, -0.05) is 0 Å². The Morgan fingerprint density at radius 1 is 1.50 bits per heavy atom. The second kappa shape index (κ2) is 2.99. The van der Waals surface area contributed by atoms with Crippen LogP contribution in [0.3, 0.4) is 0 Å². The average Bonchev–Trinajstić information content (AvgIpc) is 0.811. The Morgan fingerprint density at radius 3 is 1.50 bits per heavy atom. The van der Waals surface area contributed by atoms with Gasteiger partial charge in [0.15, 0.2) is 0 Å². The molecular weight excluding hydrogens is 294 g/mol. The normalized spacial score (nSPS) is 9.00. The van der Waals surface area contributed by atoms with E-state index in [2.05, 4.69) is 31.9 Å². The Bertz CT molecular complexity index is 10.8. The molecular formula is CH3Br2Sb. The molecule has 0 rings (SSSR count). The van der Waals surface area contributed by atoms with Crippen LogP contribution in [0.15, 0.2) is 0 Å². The molecule has 0 aromatic carbocycles. The molecule has 0 atom stereocenters. The van der Waals surface area contributed by atoms with Crippen LogP contribution in [0.5, 0.6) is 0 Å². The quantitative estimate of drug-likeness (QED) is 0.456.